The second-order valence-electron chi connectivity index (χ2n) is 4.49. The molecule has 0 bridgehead atoms. The normalized spacial score (nSPS) is 20.5. The molecule has 0 spiro atoms. The molecule has 1 aliphatic heterocycles. The van der Waals surface area contributed by atoms with Gasteiger partial charge in [0.2, 0.25) is 0 Å². The second kappa shape index (κ2) is 4.03. The number of carboxylic acid groups (broad SMARTS) is 1. The van der Waals surface area contributed by atoms with Gasteiger partial charge in [0, 0.05) is 11.4 Å². The van der Waals surface area contributed by atoms with Gasteiger partial charge in [0.15, 0.2) is 0 Å². The molecule has 1 aliphatic rings. The number of amides is 2. The molecule has 17 heavy (non-hydrogen) atoms. The quantitative estimate of drug-likeness (QED) is 0.862. The summed E-state index contributed by atoms with van der Waals surface area (Å²) in [6.07, 6.45) is 0. The summed E-state index contributed by atoms with van der Waals surface area (Å²) in [5.41, 5.74) is -1.18. The molecule has 1 saturated heterocycles. The van der Waals surface area contributed by atoms with Crippen LogP contribution in [0, 0.1) is 0 Å². The molecule has 0 radical (unpaired) electrons. The Hall–Kier alpha value is -1.56. The highest BCUT2D eigenvalue weighted by atomic mass is 32.1. The zero-order valence-corrected chi connectivity index (χ0v) is 10.5. The van der Waals surface area contributed by atoms with E-state index >= 15 is 0 Å². The maximum absolute atomic E-state index is 11.8. The van der Waals surface area contributed by atoms with E-state index in [1.165, 1.54) is 18.7 Å². The Labute approximate surface area is 103 Å². The summed E-state index contributed by atoms with van der Waals surface area (Å²) in [6.45, 7) is 3.45. The Kier molecular flexibility index (Phi) is 2.82. The van der Waals surface area contributed by atoms with Crippen LogP contribution in [0.15, 0.2) is 17.5 Å². The Morgan fingerprint density at radius 2 is 2.35 bits per heavy atom. The fourth-order valence-corrected chi connectivity index (χ4v) is 2.56. The van der Waals surface area contributed by atoms with Crippen molar-refractivity contribution in [2.45, 2.75) is 25.4 Å². The van der Waals surface area contributed by atoms with Gasteiger partial charge < -0.3 is 15.3 Å². The van der Waals surface area contributed by atoms with Gasteiger partial charge in [-0.25, -0.2) is 9.59 Å². The molecule has 0 saturated carbocycles. The molecule has 1 aromatic rings. The zero-order chi connectivity index (χ0) is 12.6. The number of urea groups is 1. The van der Waals surface area contributed by atoms with Crippen molar-refractivity contribution in [1.29, 1.82) is 0 Å². The van der Waals surface area contributed by atoms with Crippen molar-refractivity contribution >= 4 is 23.3 Å². The molecular formula is C11H14N2O3S. The first-order chi connectivity index (χ1) is 7.93. The number of aliphatic carboxylic acids is 1. The predicted octanol–water partition coefficient (Wildman–Crippen LogP) is 1.68. The minimum atomic E-state index is -1.18. The minimum Gasteiger partial charge on any atom is -0.480 e. The number of thiophene rings is 1. The lowest BCUT2D eigenvalue weighted by Gasteiger charge is -2.30. The monoisotopic (exact) mass is 254 g/mol. The van der Waals surface area contributed by atoms with Crippen molar-refractivity contribution in [1.82, 2.24) is 10.2 Å². The van der Waals surface area contributed by atoms with Crippen molar-refractivity contribution in [3.63, 3.8) is 0 Å². The molecule has 92 valence electrons. The minimum absolute atomic E-state index is 0.110. The van der Waals surface area contributed by atoms with Crippen LogP contribution in [0.2, 0.25) is 0 Å². The molecule has 1 unspecified atom stereocenters. The summed E-state index contributed by atoms with van der Waals surface area (Å²) in [5.74, 6) is -1.00. The Morgan fingerprint density at radius 1 is 1.65 bits per heavy atom. The van der Waals surface area contributed by atoms with Crippen LogP contribution in [0.25, 0.3) is 0 Å². The fraction of sp³-hybridized carbons (Fsp3) is 0.455. The molecule has 2 amide bonds. The number of carbonyl (C=O) groups excluding carboxylic acids is 1. The van der Waals surface area contributed by atoms with Crippen molar-refractivity contribution in [2.75, 3.05) is 6.54 Å². The first-order valence-electron chi connectivity index (χ1n) is 5.28. The average molecular weight is 254 g/mol. The molecule has 2 N–H and O–H groups in total. The molecule has 2 rings (SSSR count). The first-order valence-corrected chi connectivity index (χ1v) is 6.16. The molecule has 5 nitrogen and oxygen atoms in total. The Bertz CT molecular complexity index is 442. The average Bonchev–Trinajstić information content (AvgIpc) is 2.85. The largest absolute Gasteiger partial charge is 0.480 e. The summed E-state index contributed by atoms with van der Waals surface area (Å²) < 4.78 is 0. The lowest BCUT2D eigenvalue weighted by Crippen LogP contribution is -2.51. The Morgan fingerprint density at radius 3 is 2.88 bits per heavy atom. The predicted molar refractivity (Wildman–Crippen MR) is 64.0 cm³/mol. The highest BCUT2D eigenvalue weighted by molar-refractivity contribution is 7.10. The standard InChI is InChI=1S/C11H14N2O3S/c1-11(2,9(14)15)13-6-7(12-10(13)16)8-4-3-5-17-8/h3-5,7H,6H2,1-2H3,(H,12,16)(H,14,15). The third-order valence-corrected chi connectivity index (χ3v) is 3.98. The first kappa shape index (κ1) is 11.9. The number of hydrogen-bond donors (Lipinski definition) is 2. The van der Waals surface area contributed by atoms with E-state index in [9.17, 15) is 9.59 Å². The van der Waals surface area contributed by atoms with Gasteiger partial charge in [-0.1, -0.05) is 6.07 Å². The van der Waals surface area contributed by atoms with Gasteiger partial charge in [-0.05, 0) is 25.3 Å². The van der Waals surface area contributed by atoms with Crippen LogP contribution >= 0.6 is 11.3 Å². The summed E-state index contributed by atoms with van der Waals surface area (Å²) in [6, 6.07) is 3.42. The van der Waals surface area contributed by atoms with Crippen LogP contribution in [0.5, 0.6) is 0 Å². The van der Waals surface area contributed by atoms with E-state index in [1.807, 2.05) is 17.5 Å². The molecular weight excluding hydrogens is 240 g/mol. The molecule has 0 aliphatic carbocycles. The Balaban J connectivity index is 2.19. The summed E-state index contributed by atoms with van der Waals surface area (Å²) in [4.78, 5) is 25.3. The lowest BCUT2D eigenvalue weighted by molar-refractivity contribution is -0.147. The number of hydrogen-bond acceptors (Lipinski definition) is 3. The van der Waals surface area contributed by atoms with E-state index in [1.54, 1.807) is 11.3 Å². The van der Waals surface area contributed by atoms with Crippen LogP contribution in [0.3, 0.4) is 0 Å². The van der Waals surface area contributed by atoms with E-state index < -0.39 is 11.5 Å². The van der Waals surface area contributed by atoms with Gasteiger partial charge in [-0.15, -0.1) is 11.3 Å². The van der Waals surface area contributed by atoms with Crippen molar-refractivity contribution in [3.8, 4) is 0 Å². The number of rotatable bonds is 3. The topological polar surface area (TPSA) is 69.6 Å². The van der Waals surface area contributed by atoms with Gasteiger partial charge >= 0.3 is 12.0 Å². The van der Waals surface area contributed by atoms with E-state index in [-0.39, 0.29) is 12.1 Å². The smallest absolute Gasteiger partial charge is 0.329 e. The van der Waals surface area contributed by atoms with Crippen molar-refractivity contribution in [3.05, 3.63) is 22.4 Å². The van der Waals surface area contributed by atoms with Gasteiger partial charge in [0.1, 0.15) is 5.54 Å². The van der Waals surface area contributed by atoms with Gasteiger partial charge in [0.05, 0.1) is 6.04 Å². The number of carboxylic acids is 1. The van der Waals surface area contributed by atoms with Crippen LogP contribution in [0.1, 0.15) is 24.8 Å². The highest BCUT2D eigenvalue weighted by Gasteiger charge is 2.43. The van der Waals surface area contributed by atoms with Crippen LogP contribution in [-0.2, 0) is 4.79 Å². The SMILES string of the molecule is CC(C)(C(=O)O)N1CC(c2cccs2)NC1=O. The van der Waals surface area contributed by atoms with Crippen molar-refractivity contribution < 1.29 is 14.7 Å². The lowest BCUT2D eigenvalue weighted by atomic mass is 10.0. The highest BCUT2D eigenvalue weighted by Crippen LogP contribution is 2.28. The van der Waals surface area contributed by atoms with Crippen LogP contribution < -0.4 is 5.32 Å². The second-order valence-corrected chi connectivity index (χ2v) is 5.47. The third kappa shape index (κ3) is 2.00. The van der Waals surface area contributed by atoms with Crippen LogP contribution in [-0.4, -0.2) is 34.1 Å². The van der Waals surface area contributed by atoms with Crippen molar-refractivity contribution in [2.24, 2.45) is 0 Å². The molecule has 1 aromatic heterocycles. The van der Waals surface area contributed by atoms with Gasteiger partial charge in [-0.2, -0.15) is 0 Å². The summed E-state index contributed by atoms with van der Waals surface area (Å²) >= 11 is 1.55. The van der Waals surface area contributed by atoms with Crippen LogP contribution in [0.4, 0.5) is 4.79 Å². The molecule has 1 atom stereocenters. The number of nitrogens with zero attached hydrogens (tertiary/aromatic N) is 1. The molecule has 6 heteroatoms. The molecule has 2 heterocycles. The third-order valence-electron chi connectivity index (χ3n) is 2.99. The fourth-order valence-electron chi connectivity index (χ4n) is 1.79. The number of nitrogens with one attached hydrogen (secondary N) is 1. The maximum Gasteiger partial charge on any atom is 0.329 e. The number of carbonyl (C=O) groups is 2. The van der Waals surface area contributed by atoms with E-state index in [0.29, 0.717) is 6.54 Å². The van der Waals surface area contributed by atoms with E-state index in [2.05, 4.69) is 5.32 Å². The van der Waals surface area contributed by atoms with E-state index in [0.717, 1.165) is 4.88 Å². The summed E-state index contributed by atoms with van der Waals surface area (Å²) in [7, 11) is 0. The van der Waals surface area contributed by atoms with Gasteiger partial charge in [-0.3, -0.25) is 0 Å². The molecule has 0 aromatic carbocycles. The van der Waals surface area contributed by atoms with E-state index in [4.69, 9.17) is 5.11 Å². The van der Waals surface area contributed by atoms with Gasteiger partial charge in [0.25, 0.3) is 0 Å². The zero-order valence-electron chi connectivity index (χ0n) is 9.64. The maximum atomic E-state index is 11.8. The molecule has 1 fully saturated rings. The summed E-state index contributed by atoms with van der Waals surface area (Å²) in [5, 5.41) is 13.9.